The van der Waals surface area contributed by atoms with Crippen LogP contribution >= 0.6 is 11.6 Å². The molecule has 13 heteroatoms. The highest BCUT2D eigenvalue weighted by Crippen LogP contribution is 2.44. The lowest BCUT2D eigenvalue weighted by Crippen LogP contribution is -2.58. The molecule has 44 heavy (non-hydrogen) atoms. The van der Waals surface area contributed by atoms with Crippen LogP contribution in [0, 0.1) is 25.1 Å². The Morgan fingerprint density at radius 2 is 2.07 bits per heavy atom. The van der Waals surface area contributed by atoms with Gasteiger partial charge in [-0.15, -0.1) is 6.42 Å². The molecule has 0 bridgehead atoms. The van der Waals surface area contributed by atoms with Crippen LogP contribution in [-0.4, -0.2) is 82.6 Å². The summed E-state index contributed by atoms with van der Waals surface area (Å²) in [4.78, 5) is 39.0. The number of aromatic nitrogens is 3. The van der Waals surface area contributed by atoms with E-state index in [9.17, 15) is 9.59 Å². The lowest BCUT2D eigenvalue weighted by molar-refractivity contribution is -0.129. The van der Waals surface area contributed by atoms with Crippen molar-refractivity contribution in [2.45, 2.75) is 32.4 Å². The van der Waals surface area contributed by atoms with Crippen LogP contribution in [0.1, 0.15) is 18.9 Å². The van der Waals surface area contributed by atoms with E-state index in [1.54, 1.807) is 37.2 Å². The van der Waals surface area contributed by atoms with Crippen LogP contribution in [0.25, 0.3) is 33.0 Å². The number of nitrogens with zero attached hydrogens (tertiary/aromatic N) is 6. The predicted octanol–water partition coefficient (Wildman–Crippen LogP) is 4.24. The monoisotopic (exact) mass is 618 g/mol. The van der Waals surface area contributed by atoms with Crippen LogP contribution in [0.4, 0.5) is 22.0 Å². The summed E-state index contributed by atoms with van der Waals surface area (Å²) in [5.74, 6) is 2.23. The Hall–Kier alpha value is -4.89. The highest BCUT2D eigenvalue weighted by Gasteiger charge is 2.35. The highest BCUT2D eigenvalue weighted by molar-refractivity contribution is 6.35. The molecular formula is C31H32ClFN8O3. The molecule has 0 spiro atoms. The number of piperazine rings is 1. The topological polar surface area (TPSA) is 134 Å². The molecule has 2 atom stereocenters. The maximum atomic E-state index is 16.8. The van der Waals surface area contributed by atoms with Crippen molar-refractivity contribution >= 4 is 62.9 Å². The van der Waals surface area contributed by atoms with E-state index in [4.69, 9.17) is 33.3 Å². The van der Waals surface area contributed by atoms with Gasteiger partial charge in [-0.2, -0.15) is 4.98 Å². The average molecular weight is 619 g/mol. The van der Waals surface area contributed by atoms with Gasteiger partial charge in [-0.25, -0.2) is 9.37 Å². The molecule has 0 radical (unpaired) electrons. The van der Waals surface area contributed by atoms with Crippen molar-refractivity contribution in [1.82, 2.24) is 24.9 Å². The predicted molar refractivity (Wildman–Crippen MR) is 170 cm³/mol. The molecule has 11 nitrogen and oxygen atoms in total. The zero-order valence-corrected chi connectivity index (χ0v) is 25.6. The van der Waals surface area contributed by atoms with Crippen molar-refractivity contribution in [1.29, 1.82) is 0 Å². The second kappa shape index (κ2) is 12.0. The van der Waals surface area contributed by atoms with Gasteiger partial charge in [0.2, 0.25) is 17.8 Å². The molecule has 3 heterocycles. The van der Waals surface area contributed by atoms with E-state index in [1.165, 1.54) is 11.0 Å². The maximum Gasteiger partial charge on any atom is 0.246 e. The second-order valence-electron chi connectivity index (χ2n) is 10.9. The minimum Gasteiger partial charge on any atom is -0.380 e. The number of hydrogen-bond acceptors (Lipinski definition) is 9. The molecular weight excluding hydrogens is 587 g/mol. The molecule has 3 N–H and O–H groups in total. The number of anilines is 3. The fourth-order valence-corrected chi connectivity index (χ4v) is 5.76. The number of benzene rings is 2. The van der Waals surface area contributed by atoms with E-state index in [0.29, 0.717) is 39.8 Å². The molecule has 2 amide bonds. The SMILES string of the molecule is C#C[C@H]1CN(C(=O)C=C)[C@H](C)CN1c1nc(NCCC(=O)N(C)C)nc2c(F)c(-c3c(C)ccc4onc(N)c34)c(Cl)cc12. The number of nitrogen functional groups attached to an aromatic ring is 1. The van der Waals surface area contributed by atoms with Crippen LogP contribution in [0.2, 0.25) is 5.02 Å². The lowest BCUT2D eigenvalue weighted by atomic mass is 9.94. The van der Waals surface area contributed by atoms with Crippen molar-refractivity contribution in [2.24, 2.45) is 0 Å². The Balaban J connectivity index is 1.71. The Labute approximate surface area is 258 Å². The van der Waals surface area contributed by atoms with Gasteiger partial charge in [0.25, 0.3) is 0 Å². The van der Waals surface area contributed by atoms with Crippen LogP contribution in [0.3, 0.4) is 0 Å². The lowest BCUT2D eigenvalue weighted by Gasteiger charge is -2.44. The smallest absolute Gasteiger partial charge is 0.246 e. The number of amides is 2. The second-order valence-corrected chi connectivity index (χ2v) is 11.3. The number of nitrogens with one attached hydrogen (secondary N) is 1. The number of hydrogen-bond donors (Lipinski definition) is 2. The molecule has 2 aromatic heterocycles. The first-order chi connectivity index (χ1) is 21.0. The average Bonchev–Trinajstić information content (AvgIpc) is 3.37. The van der Waals surface area contributed by atoms with E-state index in [1.807, 2.05) is 18.7 Å². The largest absolute Gasteiger partial charge is 0.380 e. The molecule has 5 rings (SSSR count). The first-order valence-electron chi connectivity index (χ1n) is 13.9. The number of aryl methyl sites for hydroxylation is 1. The van der Waals surface area contributed by atoms with Gasteiger partial charge >= 0.3 is 0 Å². The summed E-state index contributed by atoms with van der Waals surface area (Å²) in [5, 5.41) is 7.77. The third-order valence-electron chi connectivity index (χ3n) is 7.77. The fraction of sp³-hybridized carbons (Fsp3) is 0.323. The standard InChI is InChI=1S/C31H32ClFN8O3/c1-7-18-15-40(22(42)8-2)17(4)14-41(18)30-19-13-20(32)25(24-16(3)9-10-21-26(24)29(34)38-44-21)27(33)28(19)36-31(37-30)35-12-11-23(43)39(5)6/h1,8-10,13,17-18H,2,11-12,14-15H2,3-6H3,(H2,34,38)(H,35,36,37)/t17-,18+/m1/s1. The zero-order valence-electron chi connectivity index (χ0n) is 24.8. The molecule has 1 saturated heterocycles. The van der Waals surface area contributed by atoms with Crippen LogP contribution in [0.15, 0.2) is 35.4 Å². The zero-order chi connectivity index (χ0) is 31.9. The first-order valence-corrected chi connectivity index (χ1v) is 14.3. The number of terminal acetylenes is 1. The van der Waals surface area contributed by atoms with Gasteiger partial charge in [0.05, 0.1) is 17.0 Å². The number of nitrogens with two attached hydrogens (primary N) is 1. The quantitative estimate of drug-likeness (QED) is 0.230. The minimum absolute atomic E-state index is 0.0183. The third kappa shape index (κ3) is 5.35. The molecule has 0 saturated carbocycles. The van der Waals surface area contributed by atoms with E-state index < -0.39 is 11.9 Å². The van der Waals surface area contributed by atoms with Gasteiger partial charge in [0, 0.05) is 56.2 Å². The fourth-order valence-electron chi connectivity index (χ4n) is 5.47. The summed E-state index contributed by atoms with van der Waals surface area (Å²) in [6.07, 6.45) is 7.37. The maximum absolute atomic E-state index is 16.8. The van der Waals surface area contributed by atoms with Crippen molar-refractivity contribution < 1.29 is 18.5 Å². The van der Waals surface area contributed by atoms with Gasteiger partial charge in [0.1, 0.15) is 17.4 Å². The van der Waals surface area contributed by atoms with E-state index in [-0.39, 0.29) is 65.2 Å². The number of rotatable bonds is 7. The molecule has 1 aliphatic heterocycles. The summed E-state index contributed by atoms with van der Waals surface area (Å²) in [7, 11) is 3.33. The minimum atomic E-state index is -0.703. The molecule has 4 aromatic rings. The number of fused-ring (bicyclic) bond motifs is 2. The molecule has 228 valence electrons. The summed E-state index contributed by atoms with van der Waals surface area (Å²) < 4.78 is 22.2. The van der Waals surface area contributed by atoms with Gasteiger partial charge in [-0.05, 0) is 37.6 Å². The van der Waals surface area contributed by atoms with Crippen LogP contribution in [-0.2, 0) is 9.59 Å². The Morgan fingerprint density at radius 1 is 1.32 bits per heavy atom. The number of carbonyl (C=O) groups excluding carboxylic acids is 2. The number of halogens is 2. The molecule has 0 aliphatic carbocycles. The van der Waals surface area contributed by atoms with E-state index in [0.717, 1.165) is 0 Å². The summed E-state index contributed by atoms with van der Waals surface area (Å²) in [6, 6.07) is 4.22. The Kier molecular flexibility index (Phi) is 8.34. The van der Waals surface area contributed by atoms with Crippen LogP contribution in [0.5, 0.6) is 0 Å². The van der Waals surface area contributed by atoms with Crippen molar-refractivity contribution in [3.8, 4) is 23.5 Å². The summed E-state index contributed by atoms with van der Waals surface area (Å²) in [5.41, 5.74) is 7.71. The third-order valence-corrected chi connectivity index (χ3v) is 8.07. The Morgan fingerprint density at radius 3 is 2.75 bits per heavy atom. The van der Waals surface area contributed by atoms with Crippen molar-refractivity contribution in [3.05, 3.63) is 47.3 Å². The van der Waals surface area contributed by atoms with Crippen molar-refractivity contribution in [3.63, 3.8) is 0 Å². The van der Waals surface area contributed by atoms with Crippen LogP contribution < -0.4 is 16.0 Å². The molecule has 0 unspecified atom stereocenters. The summed E-state index contributed by atoms with van der Waals surface area (Å²) >= 11 is 6.85. The molecule has 1 fully saturated rings. The van der Waals surface area contributed by atoms with E-state index >= 15 is 4.39 Å². The normalized spacial score (nSPS) is 16.7. The highest BCUT2D eigenvalue weighted by atomic mass is 35.5. The van der Waals surface area contributed by atoms with Gasteiger partial charge < -0.3 is 30.3 Å². The number of carbonyl (C=O) groups is 2. The molecule has 1 aliphatic rings. The summed E-state index contributed by atoms with van der Waals surface area (Å²) in [6.45, 7) is 8.00. The van der Waals surface area contributed by atoms with Gasteiger partial charge in [-0.1, -0.05) is 35.3 Å². The van der Waals surface area contributed by atoms with Crippen molar-refractivity contribution in [2.75, 3.05) is 49.7 Å². The van der Waals surface area contributed by atoms with Gasteiger partial charge in [0.15, 0.2) is 17.2 Å². The Bertz CT molecular complexity index is 1850. The van der Waals surface area contributed by atoms with Gasteiger partial charge in [-0.3, -0.25) is 9.59 Å². The first kappa shape index (κ1) is 30.6. The van der Waals surface area contributed by atoms with E-state index in [2.05, 4.69) is 28.0 Å². The molecule has 2 aromatic carbocycles.